The number of likely N-dealkylation sites (N-methyl/N-ethyl adjacent to an activating group) is 1. The summed E-state index contributed by atoms with van der Waals surface area (Å²) >= 11 is 0. The molecule has 24 heavy (non-hydrogen) atoms. The Morgan fingerprint density at radius 2 is 1.75 bits per heavy atom. The maximum absolute atomic E-state index is 5.77. The van der Waals surface area contributed by atoms with E-state index in [9.17, 15) is 0 Å². The van der Waals surface area contributed by atoms with Gasteiger partial charge in [-0.2, -0.15) is 0 Å². The summed E-state index contributed by atoms with van der Waals surface area (Å²) in [5.41, 5.74) is 2.48. The minimum Gasteiger partial charge on any atom is -0.493 e. The largest absolute Gasteiger partial charge is 0.493 e. The fourth-order valence-corrected chi connectivity index (χ4v) is 3.89. The molecule has 0 spiro atoms. The normalized spacial score (nSPS) is 22.1. The maximum atomic E-state index is 5.77. The van der Waals surface area contributed by atoms with E-state index in [0.29, 0.717) is 11.8 Å². The first kappa shape index (κ1) is 17.3. The van der Waals surface area contributed by atoms with Gasteiger partial charge in [0.15, 0.2) is 11.5 Å². The zero-order valence-electron chi connectivity index (χ0n) is 15.2. The second kappa shape index (κ2) is 7.59. The van der Waals surface area contributed by atoms with Crippen LogP contribution in [0.1, 0.15) is 24.1 Å². The van der Waals surface area contributed by atoms with Crippen molar-refractivity contribution in [2.24, 2.45) is 0 Å². The molecule has 1 aromatic carbocycles. The maximum Gasteiger partial charge on any atom is 0.203 e. The van der Waals surface area contributed by atoms with E-state index in [4.69, 9.17) is 14.2 Å². The quantitative estimate of drug-likeness (QED) is 0.880. The van der Waals surface area contributed by atoms with Gasteiger partial charge < -0.3 is 24.4 Å². The topological polar surface area (TPSA) is 46.2 Å². The number of fused-ring (bicyclic) bond motifs is 1. The summed E-state index contributed by atoms with van der Waals surface area (Å²) in [5.74, 6) is 2.24. The highest BCUT2D eigenvalue weighted by Gasteiger charge is 2.33. The molecule has 0 radical (unpaired) electrons. The van der Waals surface area contributed by atoms with Gasteiger partial charge in [0.25, 0.3) is 0 Å². The van der Waals surface area contributed by atoms with E-state index in [0.717, 1.165) is 57.3 Å². The summed E-state index contributed by atoms with van der Waals surface area (Å²) in [5, 5.41) is 3.55. The molecule has 0 saturated carbocycles. The molecule has 0 aliphatic carbocycles. The number of benzene rings is 1. The van der Waals surface area contributed by atoms with Crippen LogP contribution < -0.4 is 19.5 Å². The van der Waals surface area contributed by atoms with Gasteiger partial charge in [0.05, 0.1) is 27.4 Å². The van der Waals surface area contributed by atoms with E-state index >= 15 is 0 Å². The van der Waals surface area contributed by atoms with Crippen molar-refractivity contribution in [3.63, 3.8) is 0 Å². The Hall–Kier alpha value is -1.50. The second-order valence-electron chi connectivity index (χ2n) is 6.34. The molecule has 1 fully saturated rings. The monoisotopic (exact) mass is 335 g/mol. The van der Waals surface area contributed by atoms with Crippen molar-refractivity contribution >= 4 is 0 Å². The Bertz CT molecular complexity index is 571. The van der Waals surface area contributed by atoms with Gasteiger partial charge in [-0.15, -0.1) is 0 Å². The highest BCUT2D eigenvalue weighted by molar-refractivity contribution is 5.60. The standard InChI is InChI=1S/C18H29N3O3/c1-5-20-6-8-21(9-7-20)14-12-19-11-13-10-15(22-2)17(23-3)18(24-4)16(13)14/h10,14,19H,5-9,11-12H2,1-4H3/t14-/m1/s1. The molecule has 0 unspecified atom stereocenters. The molecular weight excluding hydrogens is 306 g/mol. The molecule has 2 heterocycles. The number of hydrogen-bond acceptors (Lipinski definition) is 6. The van der Waals surface area contributed by atoms with E-state index in [-0.39, 0.29) is 0 Å². The second-order valence-corrected chi connectivity index (χ2v) is 6.34. The molecule has 1 atom stereocenters. The van der Waals surface area contributed by atoms with Crippen LogP contribution in [0.3, 0.4) is 0 Å². The van der Waals surface area contributed by atoms with Crippen LogP contribution in [0, 0.1) is 0 Å². The summed E-state index contributed by atoms with van der Waals surface area (Å²) in [7, 11) is 5.05. The summed E-state index contributed by atoms with van der Waals surface area (Å²) in [6, 6.07) is 2.39. The Labute approximate surface area is 144 Å². The highest BCUT2D eigenvalue weighted by atomic mass is 16.5. The first-order valence-electron chi connectivity index (χ1n) is 8.72. The third-order valence-electron chi connectivity index (χ3n) is 5.24. The van der Waals surface area contributed by atoms with Crippen LogP contribution in [0.2, 0.25) is 0 Å². The molecular formula is C18H29N3O3. The predicted molar refractivity (Wildman–Crippen MR) is 94.2 cm³/mol. The lowest BCUT2D eigenvalue weighted by atomic mass is 9.93. The van der Waals surface area contributed by atoms with Gasteiger partial charge in [0.1, 0.15) is 0 Å². The minimum atomic E-state index is 0.308. The molecule has 0 aromatic heterocycles. The molecule has 2 aliphatic heterocycles. The van der Waals surface area contributed by atoms with Crippen LogP contribution in [0.25, 0.3) is 0 Å². The molecule has 3 rings (SSSR count). The molecule has 1 saturated heterocycles. The number of nitrogens with zero attached hydrogens (tertiary/aromatic N) is 2. The summed E-state index contributed by atoms with van der Waals surface area (Å²) < 4.78 is 16.9. The highest BCUT2D eigenvalue weighted by Crippen LogP contribution is 2.46. The van der Waals surface area contributed by atoms with Crippen LogP contribution >= 0.6 is 0 Å². The predicted octanol–water partition coefficient (Wildman–Crippen LogP) is 1.49. The number of rotatable bonds is 5. The average molecular weight is 335 g/mol. The molecule has 1 aromatic rings. The summed E-state index contributed by atoms with van der Waals surface area (Å²) in [6.45, 7) is 9.53. The van der Waals surface area contributed by atoms with Crippen LogP contribution in [0.5, 0.6) is 17.2 Å². The Morgan fingerprint density at radius 1 is 1.04 bits per heavy atom. The molecule has 6 nitrogen and oxygen atoms in total. The third kappa shape index (κ3) is 3.06. The number of piperazine rings is 1. The van der Waals surface area contributed by atoms with Gasteiger partial charge in [-0.25, -0.2) is 0 Å². The lowest BCUT2D eigenvalue weighted by Crippen LogP contribution is -2.50. The van der Waals surface area contributed by atoms with Gasteiger partial charge in [-0.1, -0.05) is 6.92 Å². The molecule has 6 heteroatoms. The number of methoxy groups -OCH3 is 3. The van der Waals surface area contributed by atoms with E-state index < -0.39 is 0 Å². The van der Waals surface area contributed by atoms with Gasteiger partial charge >= 0.3 is 0 Å². The van der Waals surface area contributed by atoms with E-state index in [1.807, 2.05) is 0 Å². The molecule has 0 amide bonds. The lowest BCUT2D eigenvalue weighted by Gasteiger charge is -2.42. The molecule has 1 N–H and O–H groups in total. The number of ether oxygens (including phenoxy) is 3. The lowest BCUT2D eigenvalue weighted by molar-refractivity contribution is 0.0933. The van der Waals surface area contributed by atoms with Crippen LogP contribution in [0.4, 0.5) is 0 Å². The Balaban J connectivity index is 1.97. The van der Waals surface area contributed by atoms with Crippen LogP contribution in [-0.4, -0.2) is 70.4 Å². The first-order valence-corrected chi connectivity index (χ1v) is 8.72. The summed E-state index contributed by atoms with van der Waals surface area (Å²) in [4.78, 5) is 5.06. The van der Waals surface area contributed by atoms with Gasteiger partial charge in [-0.3, -0.25) is 4.90 Å². The molecule has 0 bridgehead atoms. The third-order valence-corrected chi connectivity index (χ3v) is 5.24. The average Bonchev–Trinajstić information content (AvgIpc) is 2.65. The van der Waals surface area contributed by atoms with Crippen molar-refractivity contribution in [3.05, 3.63) is 17.2 Å². The van der Waals surface area contributed by atoms with Gasteiger partial charge in [-0.05, 0) is 18.2 Å². The zero-order chi connectivity index (χ0) is 17.1. The fraction of sp³-hybridized carbons (Fsp3) is 0.667. The molecule has 2 aliphatic rings. The Kier molecular flexibility index (Phi) is 5.48. The van der Waals surface area contributed by atoms with Gasteiger partial charge in [0, 0.05) is 44.8 Å². The number of nitrogens with one attached hydrogen (secondary N) is 1. The van der Waals surface area contributed by atoms with Crippen molar-refractivity contribution in [1.82, 2.24) is 15.1 Å². The Morgan fingerprint density at radius 3 is 2.33 bits per heavy atom. The first-order chi connectivity index (χ1) is 11.7. The van der Waals surface area contributed by atoms with E-state index in [2.05, 4.69) is 28.1 Å². The summed E-state index contributed by atoms with van der Waals surface area (Å²) in [6.07, 6.45) is 0. The minimum absolute atomic E-state index is 0.308. The molecule has 134 valence electrons. The van der Waals surface area contributed by atoms with Crippen LogP contribution in [-0.2, 0) is 6.54 Å². The van der Waals surface area contributed by atoms with Crippen LogP contribution in [0.15, 0.2) is 6.07 Å². The van der Waals surface area contributed by atoms with Crippen molar-refractivity contribution in [2.75, 3.05) is 60.6 Å². The smallest absolute Gasteiger partial charge is 0.203 e. The zero-order valence-corrected chi connectivity index (χ0v) is 15.2. The number of hydrogen-bond donors (Lipinski definition) is 1. The van der Waals surface area contributed by atoms with Crippen molar-refractivity contribution in [2.45, 2.75) is 19.5 Å². The van der Waals surface area contributed by atoms with Crippen molar-refractivity contribution < 1.29 is 14.2 Å². The van der Waals surface area contributed by atoms with Gasteiger partial charge in [0.2, 0.25) is 5.75 Å². The van der Waals surface area contributed by atoms with E-state index in [1.165, 1.54) is 11.1 Å². The van der Waals surface area contributed by atoms with Crippen molar-refractivity contribution in [3.8, 4) is 17.2 Å². The van der Waals surface area contributed by atoms with E-state index in [1.54, 1.807) is 21.3 Å². The SMILES string of the molecule is CCN1CCN([C@@H]2CNCc3cc(OC)c(OC)c(OC)c32)CC1. The fourth-order valence-electron chi connectivity index (χ4n) is 3.89. The van der Waals surface area contributed by atoms with Crippen molar-refractivity contribution in [1.29, 1.82) is 0 Å².